The molecular weight excluding hydrogens is 298 g/mol. The molecule has 0 saturated heterocycles. The molecule has 0 heterocycles. The summed E-state index contributed by atoms with van der Waals surface area (Å²) in [7, 11) is 0. The fourth-order valence-corrected chi connectivity index (χ4v) is 3.19. The number of aryl methyl sites for hydroxylation is 1. The molecule has 24 heavy (non-hydrogen) atoms. The number of para-hydroxylation sites is 1. The van der Waals surface area contributed by atoms with Crippen LogP contribution >= 0.6 is 0 Å². The van der Waals surface area contributed by atoms with Crippen molar-refractivity contribution in [1.82, 2.24) is 5.32 Å². The lowest BCUT2D eigenvalue weighted by molar-refractivity contribution is -0.117. The first-order valence-electron chi connectivity index (χ1n) is 8.56. The Morgan fingerprint density at radius 3 is 2.88 bits per heavy atom. The molecule has 1 amide bonds. The zero-order valence-corrected chi connectivity index (χ0v) is 14.0. The lowest BCUT2D eigenvalue weighted by Gasteiger charge is -2.25. The van der Waals surface area contributed by atoms with Gasteiger partial charge >= 0.3 is 0 Å². The molecule has 0 bridgehead atoms. The van der Waals surface area contributed by atoms with Crippen molar-refractivity contribution >= 4 is 12.0 Å². The molecule has 0 fully saturated rings. The first-order chi connectivity index (χ1) is 11.8. The largest absolute Gasteiger partial charge is 0.493 e. The van der Waals surface area contributed by atoms with Crippen LogP contribution in [0.3, 0.4) is 0 Å². The summed E-state index contributed by atoms with van der Waals surface area (Å²) in [5, 5.41) is 3.13. The molecule has 1 aliphatic rings. The monoisotopic (exact) mass is 321 g/mol. The zero-order chi connectivity index (χ0) is 16.8. The molecule has 0 unspecified atom stereocenters. The third-order valence-electron chi connectivity index (χ3n) is 4.32. The van der Waals surface area contributed by atoms with E-state index in [9.17, 15) is 4.79 Å². The number of fused-ring (bicyclic) bond motifs is 1. The van der Waals surface area contributed by atoms with Gasteiger partial charge in [-0.2, -0.15) is 0 Å². The number of ether oxygens (including phenoxy) is 1. The maximum absolute atomic E-state index is 12.3. The van der Waals surface area contributed by atoms with Gasteiger partial charge in [-0.3, -0.25) is 4.79 Å². The molecule has 0 saturated carbocycles. The maximum atomic E-state index is 12.3. The van der Waals surface area contributed by atoms with Crippen LogP contribution in [0.15, 0.2) is 54.6 Å². The van der Waals surface area contributed by atoms with Crippen LogP contribution in [0.4, 0.5) is 0 Å². The van der Waals surface area contributed by atoms with Gasteiger partial charge < -0.3 is 10.1 Å². The van der Waals surface area contributed by atoms with E-state index < -0.39 is 0 Å². The Morgan fingerprint density at radius 1 is 1.21 bits per heavy atom. The van der Waals surface area contributed by atoms with Crippen LogP contribution in [0.2, 0.25) is 0 Å². The molecule has 2 aromatic rings. The Hall–Kier alpha value is -2.55. The number of carbonyl (C=O) groups excluding carboxylic acids is 1. The van der Waals surface area contributed by atoms with E-state index in [-0.39, 0.29) is 11.9 Å². The van der Waals surface area contributed by atoms with E-state index in [1.165, 1.54) is 11.1 Å². The predicted molar refractivity (Wildman–Crippen MR) is 96.9 cm³/mol. The molecule has 0 spiro atoms. The number of hydrogen-bond donors (Lipinski definition) is 1. The van der Waals surface area contributed by atoms with Gasteiger partial charge in [-0.15, -0.1) is 0 Å². The highest BCUT2D eigenvalue weighted by Gasteiger charge is 2.20. The van der Waals surface area contributed by atoms with Gasteiger partial charge in [0.2, 0.25) is 5.91 Å². The van der Waals surface area contributed by atoms with Crippen molar-refractivity contribution in [3.8, 4) is 5.75 Å². The Balaban J connectivity index is 1.69. The first-order valence-corrected chi connectivity index (χ1v) is 8.56. The highest BCUT2D eigenvalue weighted by atomic mass is 16.5. The van der Waals surface area contributed by atoms with Crippen molar-refractivity contribution in [3.05, 3.63) is 71.3 Å². The van der Waals surface area contributed by atoms with Gasteiger partial charge in [0.1, 0.15) is 5.75 Å². The standard InChI is InChI=1S/C21H23NO2/c1-2-24-20-13-6-4-9-17(20)14-15-21(23)22-19-12-7-10-16-8-3-5-11-18(16)19/h3-6,8-9,11,13-15,19H,2,7,10,12H2,1H3,(H,22,23)/b15-14+/t19-/m1/s1. The van der Waals surface area contributed by atoms with Crippen molar-refractivity contribution in [1.29, 1.82) is 0 Å². The van der Waals surface area contributed by atoms with Gasteiger partial charge in [-0.1, -0.05) is 42.5 Å². The Morgan fingerprint density at radius 2 is 2.00 bits per heavy atom. The predicted octanol–water partition coefficient (Wildman–Crippen LogP) is 4.29. The number of nitrogens with one attached hydrogen (secondary N) is 1. The Bertz CT molecular complexity index is 736. The molecule has 1 N–H and O–H groups in total. The molecule has 3 nitrogen and oxygen atoms in total. The average Bonchev–Trinajstić information content (AvgIpc) is 2.62. The maximum Gasteiger partial charge on any atom is 0.244 e. The molecule has 3 heteroatoms. The number of rotatable bonds is 5. The van der Waals surface area contributed by atoms with Crippen molar-refractivity contribution in [3.63, 3.8) is 0 Å². The number of benzene rings is 2. The second-order valence-electron chi connectivity index (χ2n) is 5.96. The summed E-state index contributed by atoms with van der Waals surface area (Å²) in [6.07, 6.45) is 6.61. The molecule has 124 valence electrons. The number of amides is 1. The van der Waals surface area contributed by atoms with Gasteiger partial charge in [0, 0.05) is 11.6 Å². The summed E-state index contributed by atoms with van der Waals surface area (Å²) in [6, 6.07) is 16.2. The average molecular weight is 321 g/mol. The molecule has 2 aromatic carbocycles. The topological polar surface area (TPSA) is 38.3 Å². The van der Waals surface area contributed by atoms with Gasteiger partial charge in [-0.25, -0.2) is 0 Å². The molecular formula is C21H23NO2. The van der Waals surface area contributed by atoms with Crippen LogP contribution in [0.5, 0.6) is 5.75 Å². The highest BCUT2D eigenvalue weighted by Crippen LogP contribution is 2.29. The van der Waals surface area contributed by atoms with Gasteiger partial charge in [0.25, 0.3) is 0 Å². The zero-order valence-electron chi connectivity index (χ0n) is 14.0. The number of carbonyl (C=O) groups is 1. The molecule has 0 radical (unpaired) electrons. The molecule has 3 rings (SSSR count). The Kier molecular flexibility index (Phi) is 5.32. The van der Waals surface area contributed by atoms with Crippen LogP contribution in [-0.4, -0.2) is 12.5 Å². The Labute approximate surface area is 143 Å². The lowest BCUT2D eigenvalue weighted by atomic mass is 9.88. The van der Waals surface area contributed by atoms with Crippen LogP contribution in [0, 0.1) is 0 Å². The quantitative estimate of drug-likeness (QED) is 0.834. The van der Waals surface area contributed by atoms with Crippen molar-refractivity contribution in [2.75, 3.05) is 6.61 Å². The van der Waals surface area contributed by atoms with E-state index in [1.807, 2.05) is 43.3 Å². The van der Waals surface area contributed by atoms with Crippen molar-refractivity contribution in [2.45, 2.75) is 32.2 Å². The summed E-state index contributed by atoms with van der Waals surface area (Å²) in [6.45, 7) is 2.56. The highest BCUT2D eigenvalue weighted by molar-refractivity contribution is 5.92. The van der Waals surface area contributed by atoms with Crippen LogP contribution in [-0.2, 0) is 11.2 Å². The summed E-state index contributed by atoms with van der Waals surface area (Å²) in [5.74, 6) is 0.732. The second kappa shape index (κ2) is 7.82. The van der Waals surface area contributed by atoms with Crippen molar-refractivity contribution in [2.24, 2.45) is 0 Å². The number of hydrogen-bond acceptors (Lipinski definition) is 2. The molecule has 0 aromatic heterocycles. The van der Waals surface area contributed by atoms with Crippen LogP contribution in [0.25, 0.3) is 6.08 Å². The smallest absolute Gasteiger partial charge is 0.244 e. The van der Waals surface area contributed by atoms with E-state index >= 15 is 0 Å². The minimum Gasteiger partial charge on any atom is -0.493 e. The molecule has 1 atom stereocenters. The van der Waals surface area contributed by atoms with Gasteiger partial charge in [-0.05, 0) is 49.5 Å². The summed E-state index contributed by atoms with van der Waals surface area (Å²) in [5.41, 5.74) is 3.51. The minimum atomic E-state index is -0.0667. The van der Waals surface area contributed by atoms with Crippen molar-refractivity contribution < 1.29 is 9.53 Å². The fraction of sp³-hybridized carbons (Fsp3) is 0.286. The second-order valence-corrected chi connectivity index (χ2v) is 5.96. The summed E-state index contributed by atoms with van der Waals surface area (Å²) >= 11 is 0. The third-order valence-corrected chi connectivity index (χ3v) is 4.32. The first kappa shape index (κ1) is 16.3. The molecule has 0 aliphatic heterocycles. The third kappa shape index (κ3) is 3.85. The minimum absolute atomic E-state index is 0.0667. The van der Waals surface area contributed by atoms with E-state index in [2.05, 4.69) is 23.5 Å². The van der Waals surface area contributed by atoms with E-state index in [0.29, 0.717) is 6.61 Å². The van der Waals surface area contributed by atoms with E-state index in [0.717, 1.165) is 30.6 Å². The normalized spacial score (nSPS) is 16.6. The summed E-state index contributed by atoms with van der Waals surface area (Å²) in [4.78, 5) is 12.3. The summed E-state index contributed by atoms with van der Waals surface area (Å²) < 4.78 is 5.58. The SMILES string of the molecule is CCOc1ccccc1/C=C/C(=O)N[C@@H]1CCCc2ccccc21. The van der Waals surface area contributed by atoms with E-state index in [1.54, 1.807) is 6.08 Å². The van der Waals surface area contributed by atoms with E-state index in [4.69, 9.17) is 4.74 Å². The van der Waals surface area contributed by atoms with Gasteiger partial charge in [0.05, 0.1) is 12.6 Å². The lowest BCUT2D eigenvalue weighted by Crippen LogP contribution is -2.29. The van der Waals surface area contributed by atoms with Crippen LogP contribution in [0.1, 0.15) is 42.5 Å². The molecule has 1 aliphatic carbocycles. The van der Waals surface area contributed by atoms with Crippen LogP contribution < -0.4 is 10.1 Å². The van der Waals surface area contributed by atoms with Gasteiger partial charge in [0.15, 0.2) is 0 Å². The fourth-order valence-electron chi connectivity index (χ4n) is 3.19.